The first-order chi connectivity index (χ1) is 15.7. The molecule has 0 radical (unpaired) electrons. The summed E-state index contributed by atoms with van der Waals surface area (Å²) in [6.07, 6.45) is 15.1. The van der Waals surface area contributed by atoms with Crippen LogP contribution in [-0.4, -0.2) is 6.21 Å². The Morgan fingerprint density at radius 3 is 2.62 bits per heavy atom. The van der Waals surface area contributed by atoms with E-state index in [0.717, 1.165) is 17.9 Å². The Bertz CT molecular complexity index is 1440. The second-order valence-electron chi connectivity index (χ2n) is 8.62. The van der Waals surface area contributed by atoms with E-state index in [2.05, 4.69) is 66.5 Å². The summed E-state index contributed by atoms with van der Waals surface area (Å²) in [5.41, 5.74) is 7.43. The van der Waals surface area contributed by atoms with Crippen LogP contribution in [0.2, 0.25) is 5.02 Å². The molecule has 0 atom stereocenters. The molecule has 0 fully saturated rings. The maximum absolute atomic E-state index is 6.13. The molecule has 0 N–H and O–H groups in total. The van der Waals surface area contributed by atoms with Gasteiger partial charge in [-0.25, -0.2) is 0 Å². The van der Waals surface area contributed by atoms with Crippen LogP contribution in [0.4, 0.5) is 0 Å². The smallest absolute Gasteiger partial charge is 0.0412 e. The van der Waals surface area contributed by atoms with Gasteiger partial charge in [-0.15, -0.1) is 0 Å². The van der Waals surface area contributed by atoms with E-state index >= 15 is 0 Å². The molecule has 0 aromatic heterocycles. The predicted octanol–water partition coefficient (Wildman–Crippen LogP) is 6.14. The Hall–Kier alpha value is -2.90. The van der Waals surface area contributed by atoms with Crippen LogP contribution in [0, 0.1) is 10.4 Å². The maximum Gasteiger partial charge on any atom is 0.0412 e. The minimum Gasteiger partial charge on any atom is -0.269 e. The van der Waals surface area contributed by atoms with Crippen molar-refractivity contribution in [2.75, 3.05) is 0 Å². The lowest BCUT2D eigenvalue weighted by molar-refractivity contribution is 0.791. The lowest BCUT2D eigenvalue weighted by Gasteiger charge is -2.20. The predicted molar refractivity (Wildman–Crippen MR) is 137 cm³/mol. The van der Waals surface area contributed by atoms with E-state index in [1.807, 2.05) is 24.6 Å². The minimum atomic E-state index is 0.827. The molecule has 2 heteroatoms. The summed E-state index contributed by atoms with van der Waals surface area (Å²) in [6, 6.07) is 19.3. The zero-order valence-electron chi connectivity index (χ0n) is 18.6. The summed E-state index contributed by atoms with van der Waals surface area (Å²) in [5.74, 6) is 0. The molecular formula is C30H28ClN. The number of benzene rings is 3. The van der Waals surface area contributed by atoms with Crippen LogP contribution in [0.1, 0.15) is 48.4 Å². The first-order valence-corrected chi connectivity index (χ1v) is 12.0. The lowest BCUT2D eigenvalue weighted by atomic mass is 9.85. The minimum absolute atomic E-state index is 0.827. The third-order valence-corrected chi connectivity index (χ3v) is 7.02. The quantitative estimate of drug-likeness (QED) is 0.433. The first-order valence-electron chi connectivity index (χ1n) is 11.6. The molecule has 32 heavy (non-hydrogen) atoms. The van der Waals surface area contributed by atoms with Crippen molar-refractivity contribution >= 4 is 35.5 Å². The average molecular weight is 438 g/mol. The van der Waals surface area contributed by atoms with Crippen molar-refractivity contribution in [1.82, 2.24) is 0 Å². The van der Waals surface area contributed by atoms with Gasteiger partial charge in [0.1, 0.15) is 0 Å². The summed E-state index contributed by atoms with van der Waals surface area (Å²) in [5, 5.41) is 6.40. The van der Waals surface area contributed by atoms with Crippen LogP contribution in [0.5, 0.6) is 0 Å². The van der Waals surface area contributed by atoms with E-state index in [9.17, 15) is 0 Å². The molecule has 1 aliphatic heterocycles. The molecule has 3 aromatic rings. The first kappa shape index (κ1) is 21.0. The van der Waals surface area contributed by atoms with Crippen molar-refractivity contribution in [3.8, 4) is 0 Å². The van der Waals surface area contributed by atoms with Gasteiger partial charge in [-0.2, -0.15) is 0 Å². The Balaban J connectivity index is 0.000000165. The van der Waals surface area contributed by atoms with Crippen LogP contribution in [0.3, 0.4) is 0 Å². The van der Waals surface area contributed by atoms with E-state index in [1.54, 1.807) is 16.7 Å². The zero-order chi connectivity index (χ0) is 21.9. The van der Waals surface area contributed by atoms with Crippen molar-refractivity contribution in [3.05, 3.63) is 109 Å². The third-order valence-electron chi connectivity index (χ3n) is 6.79. The Labute approximate surface area is 194 Å². The van der Waals surface area contributed by atoms with Gasteiger partial charge in [-0.05, 0) is 93.4 Å². The fourth-order valence-corrected chi connectivity index (χ4v) is 5.33. The molecule has 160 valence electrons. The fraction of sp³-hybridized carbons (Fsp3) is 0.233. The Morgan fingerprint density at radius 1 is 0.875 bits per heavy atom. The molecule has 0 amide bonds. The monoisotopic (exact) mass is 437 g/mol. The van der Waals surface area contributed by atoms with Gasteiger partial charge in [0.25, 0.3) is 0 Å². The molecule has 1 nitrogen and oxygen atoms in total. The van der Waals surface area contributed by atoms with E-state index in [-0.39, 0.29) is 0 Å². The summed E-state index contributed by atoms with van der Waals surface area (Å²) in [4.78, 5) is 4.08. The highest BCUT2D eigenvalue weighted by Gasteiger charge is 2.14. The molecule has 6 rings (SSSR count). The van der Waals surface area contributed by atoms with Gasteiger partial charge in [0.05, 0.1) is 0 Å². The molecule has 0 bridgehead atoms. The number of rotatable bonds is 1. The van der Waals surface area contributed by atoms with Gasteiger partial charge in [-0.1, -0.05) is 72.6 Å². The molecule has 0 saturated carbocycles. The number of fused-ring (bicyclic) bond motifs is 5. The number of nitrogens with zero attached hydrogens (tertiary/aromatic N) is 1. The van der Waals surface area contributed by atoms with E-state index < -0.39 is 0 Å². The zero-order valence-corrected chi connectivity index (χ0v) is 19.3. The van der Waals surface area contributed by atoms with Gasteiger partial charge < -0.3 is 0 Å². The van der Waals surface area contributed by atoms with Crippen LogP contribution in [0.15, 0.2) is 65.8 Å². The highest BCUT2D eigenvalue weighted by Crippen LogP contribution is 2.22. The van der Waals surface area contributed by atoms with Gasteiger partial charge >= 0.3 is 0 Å². The van der Waals surface area contributed by atoms with Crippen LogP contribution in [-0.2, 0) is 19.3 Å². The summed E-state index contributed by atoms with van der Waals surface area (Å²) < 4.78 is 0. The second kappa shape index (κ2) is 9.30. The lowest BCUT2D eigenvalue weighted by Crippen LogP contribution is -2.22. The van der Waals surface area contributed by atoms with Crippen LogP contribution < -0.4 is 10.4 Å². The Morgan fingerprint density at radius 2 is 1.72 bits per heavy atom. The van der Waals surface area contributed by atoms with E-state index in [4.69, 9.17) is 11.6 Å². The van der Waals surface area contributed by atoms with Crippen molar-refractivity contribution in [1.29, 1.82) is 0 Å². The van der Waals surface area contributed by atoms with Crippen LogP contribution >= 0.6 is 11.6 Å². The van der Waals surface area contributed by atoms with Crippen LogP contribution in [0.25, 0.3) is 17.7 Å². The number of hydrogen-bond acceptors (Lipinski definition) is 1. The number of halogens is 1. The van der Waals surface area contributed by atoms with Crippen molar-refractivity contribution in [2.45, 2.75) is 45.4 Å². The van der Waals surface area contributed by atoms with E-state index in [0.29, 0.717) is 0 Å². The molecule has 3 aromatic carbocycles. The van der Waals surface area contributed by atoms with Gasteiger partial charge in [0.2, 0.25) is 0 Å². The molecule has 0 unspecified atom stereocenters. The van der Waals surface area contributed by atoms with Crippen molar-refractivity contribution in [3.63, 3.8) is 0 Å². The topological polar surface area (TPSA) is 12.4 Å². The van der Waals surface area contributed by atoms with Gasteiger partial charge in [0.15, 0.2) is 0 Å². The fourth-order valence-electron chi connectivity index (χ4n) is 5.15. The van der Waals surface area contributed by atoms with E-state index in [1.165, 1.54) is 57.7 Å². The summed E-state index contributed by atoms with van der Waals surface area (Å²) in [7, 11) is 0. The molecule has 0 saturated heterocycles. The summed E-state index contributed by atoms with van der Waals surface area (Å²) in [6.45, 7) is 2.29. The molecule has 3 aliphatic rings. The Kier molecular flexibility index (Phi) is 6.10. The maximum atomic E-state index is 6.13. The SMILES string of the molecule is C1=Cc2ccccc2CC=N1.CCC1=c2ccc3c(c2CCC1)CC=c1cc(Cl)ccc1=3. The standard InChI is InChI=1S/C20H19Cl.C10H9N/c1-2-13-4-3-5-18-16(13)10-11-19-17-9-7-15(21)12-14(17)6-8-20(18)19;1-2-4-10-6-8-11-7-5-9(10)3-1/h6-7,9-12H,2-5,8H2,1H3;1-5,7-8H,6H2. The molecule has 0 spiro atoms. The second-order valence-corrected chi connectivity index (χ2v) is 9.06. The van der Waals surface area contributed by atoms with Crippen molar-refractivity contribution < 1.29 is 0 Å². The molecular weight excluding hydrogens is 410 g/mol. The normalized spacial score (nSPS) is 15.2. The highest BCUT2D eigenvalue weighted by atomic mass is 35.5. The van der Waals surface area contributed by atoms with Gasteiger partial charge in [-0.3, -0.25) is 4.99 Å². The number of aliphatic imine (C=N–C) groups is 1. The average Bonchev–Trinajstić information content (AvgIpc) is 3.09. The number of hydrogen-bond donors (Lipinski definition) is 0. The van der Waals surface area contributed by atoms with Crippen molar-refractivity contribution in [2.24, 2.45) is 4.99 Å². The largest absolute Gasteiger partial charge is 0.269 e. The molecule has 1 heterocycles. The molecule has 2 aliphatic carbocycles. The summed E-state index contributed by atoms with van der Waals surface area (Å²) >= 11 is 6.13. The third kappa shape index (κ3) is 4.10. The van der Waals surface area contributed by atoms with Gasteiger partial charge in [0, 0.05) is 23.9 Å². The highest BCUT2D eigenvalue weighted by molar-refractivity contribution is 6.30.